The van der Waals surface area contributed by atoms with Crippen LogP contribution in [0.25, 0.3) is 0 Å². The fraction of sp³-hybridized carbons (Fsp3) is 0. The first-order valence-corrected chi connectivity index (χ1v) is 0. The number of hydrogen-bond donors (Lipinski definition) is 0. The maximum Gasteiger partial charge on any atom is 2.00 e. The van der Waals surface area contributed by atoms with Crippen molar-refractivity contribution in [3.63, 3.8) is 0 Å². The first-order valence-electron chi connectivity index (χ1n) is 0. The van der Waals surface area contributed by atoms with Gasteiger partial charge in [0.1, 0.15) is 0 Å². The standard InChI is InChI=1S/Gd.Mg.Nd.Sc.Zr.2H/q;+2;;;;2*-1. The van der Waals surface area contributed by atoms with E-state index in [1.807, 2.05) is 0 Å². The molecule has 0 spiro atoms. The Morgan fingerprint density at radius 1 is 1.20 bits per heavy atom. The molecule has 0 aromatic heterocycles. The predicted molar refractivity (Wildman–Crippen MR) is 7.98 cm³/mol. The van der Waals surface area contributed by atoms with Crippen LogP contribution in [0.3, 0.4) is 0 Å². The van der Waals surface area contributed by atoms with E-state index in [9.17, 15) is 0 Å². The van der Waals surface area contributed by atoms with Gasteiger partial charge in [-0.05, 0) is 0 Å². The van der Waals surface area contributed by atoms with Gasteiger partial charge in [-0.2, -0.15) is 0 Å². The molecule has 0 aliphatic heterocycles. The molecule has 0 bridgehead atoms. The second-order valence-electron chi connectivity index (χ2n) is 0. The second-order valence-corrected chi connectivity index (χ2v) is 0. The normalized spacial score (nSPS) is 0. The van der Waals surface area contributed by atoms with Crippen LogP contribution in [0, 0.1) is 80.8 Å². The maximum absolute atomic E-state index is 0. The summed E-state index contributed by atoms with van der Waals surface area (Å²) in [7, 11) is 0. The molecule has 0 atom stereocenters. The summed E-state index contributed by atoms with van der Waals surface area (Å²) < 4.78 is 0. The van der Waals surface area contributed by atoms with Crippen LogP contribution in [0.5, 0.6) is 0 Å². The van der Waals surface area contributed by atoms with E-state index in [1.54, 1.807) is 0 Å². The zero-order chi connectivity index (χ0) is 0. The molecule has 0 unspecified atom stereocenters. The van der Waals surface area contributed by atoms with Gasteiger partial charge in [0, 0.05) is 133 Å². The molecule has 0 fully saturated rings. The van der Waals surface area contributed by atoms with Crippen LogP contribution < -0.4 is 0 Å². The largest absolute Gasteiger partial charge is 2.00 e. The van der Waals surface area contributed by atoms with E-state index < -0.39 is 0 Å². The molecular formula is H2GdMgNdScZr. The molecule has 0 saturated carbocycles. The molecule has 0 nitrogen and oxygen atoms in total. The molecule has 0 aromatic rings. The van der Waals surface area contributed by atoms with Crippen molar-refractivity contribution in [1.82, 2.24) is 0 Å². The van der Waals surface area contributed by atoms with Crippen molar-refractivity contribution in [3.8, 4) is 0 Å². The van der Waals surface area contributed by atoms with E-state index in [1.165, 1.54) is 0 Å². The molecule has 5 heteroatoms. The number of rotatable bonds is 0. The summed E-state index contributed by atoms with van der Waals surface area (Å²) >= 11 is 0. The summed E-state index contributed by atoms with van der Waals surface area (Å²) in [5, 5.41) is 0. The Morgan fingerprint density at radius 3 is 1.20 bits per heavy atom. The molecule has 0 amide bonds. The topological polar surface area (TPSA) is 0 Å². The third-order valence-electron chi connectivity index (χ3n) is 0. The van der Waals surface area contributed by atoms with Crippen LogP contribution in [-0.2, 0) is 52.0 Å². The molecule has 0 aliphatic carbocycles. The zero-order valence-corrected chi connectivity index (χ0v) is 13.8. The van der Waals surface area contributed by atoms with Crippen molar-refractivity contribution in [2.24, 2.45) is 0 Å². The van der Waals surface area contributed by atoms with E-state index in [0.29, 0.717) is 0 Å². The second kappa shape index (κ2) is 22.9. The van der Waals surface area contributed by atoms with Crippen LogP contribution in [0.1, 0.15) is 2.85 Å². The molecule has 0 aliphatic rings. The van der Waals surface area contributed by atoms with Gasteiger partial charge < -0.3 is 2.85 Å². The summed E-state index contributed by atoms with van der Waals surface area (Å²) in [5.41, 5.74) is 0. The summed E-state index contributed by atoms with van der Waals surface area (Å²) in [4.78, 5) is 0. The van der Waals surface area contributed by atoms with E-state index in [4.69, 9.17) is 0 Å². The third-order valence-corrected chi connectivity index (χ3v) is 0. The van der Waals surface area contributed by atoms with Crippen molar-refractivity contribution in [1.29, 1.82) is 0 Å². The monoisotopic (exact) mass is 461 g/mol. The van der Waals surface area contributed by atoms with Gasteiger partial charge in [-0.3, -0.25) is 0 Å². The number of hydrogen-bond acceptors (Lipinski definition) is 0. The molecular weight excluding hydrogens is 462 g/mol. The Hall–Kier alpha value is 5.19. The average molecular weight is 464 g/mol. The molecule has 0 saturated heterocycles. The maximum atomic E-state index is 0. The molecule has 5 heavy (non-hydrogen) atoms. The van der Waals surface area contributed by atoms with Gasteiger partial charge in [-0.15, -0.1) is 0 Å². The smallest absolute Gasteiger partial charge is 1.00 e. The van der Waals surface area contributed by atoms with Crippen LogP contribution in [-0.4, -0.2) is 23.1 Å². The Balaban J connectivity index is 0. The first kappa shape index (κ1) is 31.9. The van der Waals surface area contributed by atoms with Crippen LogP contribution in [0.4, 0.5) is 0 Å². The minimum Gasteiger partial charge on any atom is -1.00 e. The molecule has 0 aromatic carbocycles. The van der Waals surface area contributed by atoms with Gasteiger partial charge >= 0.3 is 23.1 Å². The van der Waals surface area contributed by atoms with Gasteiger partial charge in [0.05, 0.1) is 0 Å². The molecule has 1 radical (unpaired) electrons. The molecule has 23 valence electrons. The van der Waals surface area contributed by atoms with E-state index >= 15 is 0 Å². The first-order chi connectivity index (χ1) is 0. The van der Waals surface area contributed by atoms with E-state index in [0.717, 1.165) is 0 Å². The SMILES string of the molecule is [Gd].[H-].[H-].[Mg+2].[Nd].[Sc].[Zr]. The van der Waals surface area contributed by atoms with Gasteiger partial charge in [0.2, 0.25) is 0 Å². The van der Waals surface area contributed by atoms with Crippen molar-refractivity contribution in [3.05, 3.63) is 0 Å². The average Bonchev–Trinajstić information content (AvgIpc) is 0. The molecule has 0 rings (SSSR count). The Morgan fingerprint density at radius 2 is 1.20 bits per heavy atom. The fourth-order valence-corrected chi connectivity index (χ4v) is 0. The zero-order valence-electron chi connectivity index (χ0n) is 4.64. The van der Waals surface area contributed by atoms with E-state index in [-0.39, 0.29) is 159 Å². The Labute approximate surface area is 154 Å². The van der Waals surface area contributed by atoms with Crippen LogP contribution in [0.15, 0.2) is 0 Å². The van der Waals surface area contributed by atoms with Gasteiger partial charge in [-0.25, -0.2) is 0 Å². The minimum atomic E-state index is 0. The van der Waals surface area contributed by atoms with Crippen molar-refractivity contribution >= 4 is 23.1 Å². The van der Waals surface area contributed by atoms with Gasteiger partial charge in [0.15, 0.2) is 0 Å². The van der Waals surface area contributed by atoms with Crippen molar-refractivity contribution in [2.75, 3.05) is 0 Å². The predicted octanol–water partition coefficient (Wildman–Crippen LogP) is -0.161. The summed E-state index contributed by atoms with van der Waals surface area (Å²) in [5.74, 6) is 0. The van der Waals surface area contributed by atoms with E-state index in [2.05, 4.69) is 0 Å². The summed E-state index contributed by atoms with van der Waals surface area (Å²) in [6, 6.07) is 0. The van der Waals surface area contributed by atoms with Crippen molar-refractivity contribution in [2.45, 2.75) is 0 Å². The third kappa shape index (κ3) is 17.6. The quantitative estimate of drug-likeness (QED) is 0.438. The Bertz CT molecular complexity index is 17.7. The van der Waals surface area contributed by atoms with Gasteiger partial charge in [0.25, 0.3) is 0 Å². The molecule has 0 N–H and O–H groups in total. The molecule has 0 heterocycles. The Kier molecular flexibility index (Phi) is 146. The fourth-order valence-electron chi connectivity index (χ4n) is 0. The summed E-state index contributed by atoms with van der Waals surface area (Å²) in [6.45, 7) is 0. The van der Waals surface area contributed by atoms with Crippen LogP contribution >= 0.6 is 0 Å². The minimum absolute atomic E-state index is 0. The summed E-state index contributed by atoms with van der Waals surface area (Å²) in [6.07, 6.45) is 0. The van der Waals surface area contributed by atoms with Gasteiger partial charge in [-0.1, -0.05) is 0 Å². The van der Waals surface area contributed by atoms with Crippen LogP contribution in [0.2, 0.25) is 0 Å². The van der Waals surface area contributed by atoms with Crippen molar-refractivity contribution < 1.29 is 136 Å².